The Morgan fingerprint density at radius 1 is 1.33 bits per heavy atom. The Kier molecular flexibility index (Phi) is 3.90. The second-order valence-electron chi connectivity index (χ2n) is 6.23. The maximum absolute atomic E-state index is 12.3. The molecule has 1 heterocycles. The summed E-state index contributed by atoms with van der Waals surface area (Å²) in [5.41, 5.74) is -0.417. The summed E-state index contributed by atoms with van der Waals surface area (Å²) >= 11 is 1.66. The molecule has 1 saturated carbocycles. The topological polar surface area (TPSA) is 49.4 Å². The van der Waals surface area contributed by atoms with E-state index in [4.69, 9.17) is 0 Å². The van der Waals surface area contributed by atoms with Gasteiger partial charge >= 0.3 is 0 Å². The van der Waals surface area contributed by atoms with Gasteiger partial charge in [0.25, 0.3) is 0 Å². The SMILES string of the molecule is CC(C)(C)C(=O)N1CSC[C@H]1C(=O)NCC1CC1. The fraction of sp³-hybridized carbons (Fsp3) is 0.846. The summed E-state index contributed by atoms with van der Waals surface area (Å²) in [5.74, 6) is 2.12. The molecule has 1 aliphatic carbocycles. The van der Waals surface area contributed by atoms with Crippen LogP contribution in [0.3, 0.4) is 0 Å². The van der Waals surface area contributed by atoms with Gasteiger partial charge in [-0.2, -0.15) is 0 Å². The monoisotopic (exact) mass is 270 g/mol. The van der Waals surface area contributed by atoms with E-state index >= 15 is 0 Å². The largest absolute Gasteiger partial charge is 0.354 e. The Bertz CT molecular complexity index is 347. The van der Waals surface area contributed by atoms with Crippen molar-refractivity contribution in [3.63, 3.8) is 0 Å². The van der Waals surface area contributed by atoms with Gasteiger partial charge in [-0.25, -0.2) is 0 Å². The van der Waals surface area contributed by atoms with Crippen molar-refractivity contribution in [3.05, 3.63) is 0 Å². The summed E-state index contributed by atoms with van der Waals surface area (Å²) in [6, 6.07) is -0.277. The zero-order chi connectivity index (χ0) is 13.3. The molecule has 0 aromatic carbocycles. The lowest BCUT2D eigenvalue weighted by Crippen LogP contribution is -2.50. The van der Waals surface area contributed by atoms with Crippen molar-refractivity contribution in [2.24, 2.45) is 11.3 Å². The molecule has 18 heavy (non-hydrogen) atoms. The van der Waals surface area contributed by atoms with Gasteiger partial charge < -0.3 is 10.2 Å². The van der Waals surface area contributed by atoms with Gasteiger partial charge in [-0.1, -0.05) is 20.8 Å². The van der Waals surface area contributed by atoms with E-state index < -0.39 is 5.41 Å². The van der Waals surface area contributed by atoms with Crippen LogP contribution in [0.25, 0.3) is 0 Å². The van der Waals surface area contributed by atoms with E-state index in [9.17, 15) is 9.59 Å². The fourth-order valence-electron chi connectivity index (χ4n) is 1.98. The predicted molar refractivity (Wildman–Crippen MR) is 73.1 cm³/mol. The van der Waals surface area contributed by atoms with Crippen molar-refractivity contribution in [2.45, 2.75) is 39.7 Å². The van der Waals surface area contributed by atoms with Crippen LogP contribution in [0.4, 0.5) is 0 Å². The minimum atomic E-state index is -0.417. The van der Waals surface area contributed by atoms with Crippen molar-refractivity contribution in [1.29, 1.82) is 0 Å². The molecule has 0 radical (unpaired) electrons. The third-order valence-electron chi connectivity index (χ3n) is 3.35. The Labute approximate surface area is 113 Å². The van der Waals surface area contributed by atoms with Gasteiger partial charge in [0, 0.05) is 17.7 Å². The van der Waals surface area contributed by atoms with Crippen LogP contribution in [0.1, 0.15) is 33.6 Å². The predicted octanol–water partition coefficient (Wildman–Crippen LogP) is 1.46. The first-order valence-corrected chi connectivity index (χ1v) is 7.71. The summed E-state index contributed by atoms with van der Waals surface area (Å²) in [5, 5.41) is 2.98. The molecule has 0 unspecified atom stereocenters. The molecule has 0 aromatic rings. The molecule has 2 aliphatic rings. The summed E-state index contributed by atoms with van der Waals surface area (Å²) < 4.78 is 0. The number of rotatable bonds is 3. The van der Waals surface area contributed by atoms with Crippen molar-refractivity contribution >= 4 is 23.6 Å². The molecule has 4 nitrogen and oxygen atoms in total. The number of nitrogens with zero attached hydrogens (tertiary/aromatic N) is 1. The lowest BCUT2D eigenvalue weighted by atomic mass is 9.94. The quantitative estimate of drug-likeness (QED) is 0.844. The van der Waals surface area contributed by atoms with Gasteiger partial charge in [0.2, 0.25) is 11.8 Å². The molecule has 0 bridgehead atoms. The number of thioether (sulfide) groups is 1. The molecule has 1 atom stereocenters. The molecule has 0 aromatic heterocycles. The van der Waals surface area contributed by atoms with Gasteiger partial charge in [-0.3, -0.25) is 9.59 Å². The summed E-state index contributed by atoms with van der Waals surface area (Å²) in [6.45, 7) is 6.48. The van der Waals surface area contributed by atoms with Crippen molar-refractivity contribution in [2.75, 3.05) is 18.2 Å². The van der Waals surface area contributed by atoms with Crippen molar-refractivity contribution in [1.82, 2.24) is 10.2 Å². The molecule has 0 spiro atoms. The zero-order valence-corrected chi connectivity index (χ0v) is 12.2. The van der Waals surface area contributed by atoms with Crippen LogP contribution < -0.4 is 5.32 Å². The first kappa shape index (κ1) is 13.7. The molecule has 5 heteroatoms. The third kappa shape index (κ3) is 3.19. The minimum absolute atomic E-state index is 0.0181. The minimum Gasteiger partial charge on any atom is -0.354 e. The van der Waals surface area contributed by atoms with E-state index in [1.165, 1.54) is 12.8 Å². The first-order chi connectivity index (χ1) is 8.39. The maximum Gasteiger partial charge on any atom is 0.243 e. The van der Waals surface area contributed by atoms with Crippen LogP contribution in [-0.2, 0) is 9.59 Å². The number of hydrogen-bond donors (Lipinski definition) is 1. The standard InChI is InChI=1S/C13H22N2O2S/c1-13(2,3)12(17)15-8-18-7-10(15)11(16)14-6-9-4-5-9/h9-10H,4-8H2,1-3H3,(H,14,16)/t10-/m0/s1. The first-order valence-electron chi connectivity index (χ1n) is 6.56. The number of amides is 2. The van der Waals surface area contributed by atoms with Gasteiger partial charge in [0.15, 0.2) is 0 Å². The van der Waals surface area contributed by atoms with Crippen LogP contribution in [-0.4, -0.2) is 40.9 Å². The van der Waals surface area contributed by atoms with Gasteiger partial charge in [0.05, 0.1) is 5.88 Å². The molecule has 2 fully saturated rings. The highest BCUT2D eigenvalue weighted by molar-refractivity contribution is 7.99. The highest BCUT2D eigenvalue weighted by Crippen LogP contribution is 2.29. The molecule has 102 valence electrons. The summed E-state index contributed by atoms with van der Waals surface area (Å²) in [6.07, 6.45) is 2.45. The number of carbonyl (C=O) groups is 2. The van der Waals surface area contributed by atoms with Crippen LogP contribution in [0, 0.1) is 11.3 Å². The van der Waals surface area contributed by atoms with Gasteiger partial charge in [-0.05, 0) is 18.8 Å². The second-order valence-corrected chi connectivity index (χ2v) is 7.23. The summed E-state index contributed by atoms with van der Waals surface area (Å²) in [4.78, 5) is 26.1. The Hall–Kier alpha value is -0.710. The lowest BCUT2D eigenvalue weighted by molar-refractivity contribution is -0.144. The smallest absolute Gasteiger partial charge is 0.243 e. The number of hydrogen-bond acceptors (Lipinski definition) is 3. The Morgan fingerprint density at radius 2 is 2.00 bits per heavy atom. The van der Waals surface area contributed by atoms with E-state index in [2.05, 4.69) is 5.32 Å². The van der Waals surface area contributed by atoms with Crippen LogP contribution in [0.15, 0.2) is 0 Å². The molecule has 1 aliphatic heterocycles. The second kappa shape index (κ2) is 5.11. The van der Waals surface area contributed by atoms with Crippen LogP contribution in [0.2, 0.25) is 0 Å². The molecular weight excluding hydrogens is 248 g/mol. The van der Waals surface area contributed by atoms with E-state index in [1.54, 1.807) is 16.7 Å². The lowest BCUT2D eigenvalue weighted by Gasteiger charge is -2.29. The van der Waals surface area contributed by atoms with E-state index in [-0.39, 0.29) is 17.9 Å². The Morgan fingerprint density at radius 3 is 2.56 bits per heavy atom. The van der Waals surface area contributed by atoms with E-state index in [1.807, 2.05) is 20.8 Å². The van der Waals surface area contributed by atoms with E-state index in [0.717, 1.165) is 12.3 Å². The van der Waals surface area contributed by atoms with Gasteiger partial charge in [-0.15, -0.1) is 11.8 Å². The third-order valence-corrected chi connectivity index (χ3v) is 4.36. The zero-order valence-electron chi connectivity index (χ0n) is 11.4. The van der Waals surface area contributed by atoms with Gasteiger partial charge in [0.1, 0.15) is 6.04 Å². The van der Waals surface area contributed by atoms with Crippen molar-refractivity contribution < 1.29 is 9.59 Å². The maximum atomic E-state index is 12.3. The molecule has 2 amide bonds. The van der Waals surface area contributed by atoms with Crippen LogP contribution >= 0.6 is 11.8 Å². The normalized spacial score (nSPS) is 24.2. The fourth-order valence-corrected chi connectivity index (χ4v) is 3.13. The highest BCUT2D eigenvalue weighted by Gasteiger charge is 2.39. The average molecular weight is 270 g/mol. The molecule has 1 saturated heterocycles. The number of carbonyl (C=O) groups excluding carboxylic acids is 2. The highest BCUT2D eigenvalue weighted by atomic mass is 32.2. The summed E-state index contributed by atoms with van der Waals surface area (Å²) in [7, 11) is 0. The molecular formula is C13H22N2O2S. The Balaban J connectivity index is 1.93. The van der Waals surface area contributed by atoms with Crippen molar-refractivity contribution in [3.8, 4) is 0 Å². The number of nitrogens with one attached hydrogen (secondary N) is 1. The van der Waals surface area contributed by atoms with Crippen LogP contribution in [0.5, 0.6) is 0 Å². The van der Waals surface area contributed by atoms with E-state index in [0.29, 0.717) is 11.8 Å². The average Bonchev–Trinajstić information content (AvgIpc) is 2.99. The molecule has 2 rings (SSSR count). The molecule has 1 N–H and O–H groups in total.